The van der Waals surface area contributed by atoms with Gasteiger partial charge < -0.3 is 13.9 Å². The average molecular weight is 514 g/mol. The predicted molar refractivity (Wildman–Crippen MR) is 142 cm³/mol. The van der Waals surface area contributed by atoms with E-state index in [-0.39, 0.29) is 70.9 Å². The molecule has 0 bridgehead atoms. The van der Waals surface area contributed by atoms with Crippen molar-refractivity contribution in [1.29, 1.82) is 0 Å². The Morgan fingerprint density at radius 1 is 0.618 bits per heavy atom. The molecule has 2 aromatic carbocycles. The van der Waals surface area contributed by atoms with Gasteiger partial charge >= 0.3 is 45.6 Å². The molecule has 0 unspecified atom stereocenters. The minimum absolute atomic E-state index is 0. The fraction of sp³-hybridized carbons (Fsp3) is 0.571. The summed E-state index contributed by atoms with van der Waals surface area (Å²) < 4.78 is 22.9. The second kappa shape index (κ2) is 11.3. The minimum atomic E-state index is -4.56. The molecule has 0 N–H and O–H groups in total. The molecule has 2 aromatic rings. The van der Waals surface area contributed by atoms with Crippen molar-refractivity contribution >= 4 is 45.6 Å². The van der Waals surface area contributed by atoms with Gasteiger partial charge in [0.05, 0.1) is 0 Å². The second-order valence-corrected chi connectivity index (χ2v) is 14.2. The van der Waals surface area contributed by atoms with Gasteiger partial charge in [-0.2, -0.15) is 0 Å². The predicted octanol–water partition coefficient (Wildman–Crippen LogP) is 7.66. The molecule has 0 fully saturated rings. The third-order valence-corrected chi connectivity index (χ3v) is 6.52. The molecule has 0 amide bonds. The van der Waals surface area contributed by atoms with Crippen LogP contribution in [0.1, 0.15) is 93.2 Å². The van der Waals surface area contributed by atoms with Crippen LogP contribution < -0.4 is 13.9 Å². The molecular weight excluding hydrogens is 471 g/mol. The second-order valence-electron chi connectivity index (χ2n) is 12.9. The molecule has 2 rings (SSSR count). The van der Waals surface area contributed by atoms with E-state index in [9.17, 15) is 9.46 Å². The van der Waals surface area contributed by atoms with E-state index in [1.165, 1.54) is 0 Å². The topological polar surface area (TPSA) is 58.6 Å². The van der Waals surface area contributed by atoms with Gasteiger partial charge in [-0.25, -0.2) is 4.57 Å². The van der Waals surface area contributed by atoms with E-state index >= 15 is 0 Å². The van der Waals surface area contributed by atoms with Crippen LogP contribution >= 0.6 is 7.82 Å². The van der Waals surface area contributed by atoms with Crippen molar-refractivity contribution in [3.8, 4) is 11.5 Å². The fourth-order valence-electron chi connectivity index (χ4n) is 5.07. The average Bonchev–Trinajstić information content (AvgIpc) is 2.57. The summed E-state index contributed by atoms with van der Waals surface area (Å²) in [4.78, 5) is 12.5. The maximum absolute atomic E-state index is 12.5. The quantitative estimate of drug-likeness (QED) is 0.269. The molecule has 0 heterocycles. The molecule has 0 aliphatic heterocycles. The SMILES string of the molecule is CC(C)(C)CC(C)(C)c1ccc(OP(=O)([O-])Oc2ccc(C(C)(C)CC(C)(C)C)cc2)cc1.[Ca+2]. The van der Waals surface area contributed by atoms with E-state index in [1.54, 1.807) is 24.3 Å². The first-order chi connectivity index (χ1) is 14.8. The number of phosphoric ester groups is 1. The van der Waals surface area contributed by atoms with Crippen molar-refractivity contribution in [2.45, 2.75) is 92.9 Å². The van der Waals surface area contributed by atoms with Gasteiger partial charge in [0, 0.05) is 0 Å². The maximum Gasteiger partial charge on any atom is 2.00 e. The molecule has 0 atom stereocenters. The van der Waals surface area contributed by atoms with Crippen LogP contribution in [0.3, 0.4) is 0 Å². The monoisotopic (exact) mass is 513 g/mol. The van der Waals surface area contributed by atoms with Crippen LogP contribution in [-0.4, -0.2) is 37.7 Å². The first-order valence-corrected chi connectivity index (χ1v) is 13.2. The van der Waals surface area contributed by atoms with E-state index < -0.39 is 7.82 Å². The first kappa shape index (κ1) is 31.5. The number of benzene rings is 2. The van der Waals surface area contributed by atoms with Gasteiger partial charge in [-0.1, -0.05) is 93.5 Å². The van der Waals surface area contributed by atoms with Crippen molar-refractivity contribution in [1.82, 2.24) is 0 Å². The van der Waals surface area contributed by atoms with Gasteiger partial charge in [-0.3, -0.25) is 0 Å². The van der Waals surface area contributed by atoms with Crippen molar-refractivity contribution in [3.05, 3.63) is 59.7 Å². The molecule has 4 nitrogen and oxygen atoms in total. The zero-order chi connectivity index (χ0) is 25.3. The van der Waals surface area contributed by atoms with Crippen molar-refractivity contribution < 1.29 is 18.5 Å². The largest absolute Gasteiger partial charge is 2.00 e. The summed E-state index contributed by atoms with van der Waals surface area (Å²) in [5.74, 6) is 0.484. The summed E-state index contributed by atoms with van der Waals surface area (Å²) >= 11 is 0. The van der Waals surface area contributed by atoms with Crippen LogP contribution in [0.2, 0.25) is 0 Å². The van der Waals surface area contributed by atoms with Crippen molar-refractivity contribution in [2.24, 2.45) is 10.8 Å². The Bertz CT molecular complexity index is 888. The Morgan fingerprint density at radius 2 is 0.882 bits per heavy atom. The Morgan fingerprint density at radius 3 is 1.12 bits per heavy atom. The summed E-state index contributed by atoms with van der Waals surface area (Å²) in [5, 5.41) is 0. The smallest absolute Gasteiger partial charge is 0.736 e. The Labute approximate surface area is 237 Å². The molecule has 0 saturated heterocycles. The van der Waals surface area contributed by atoms with Crippen molar-refractivity contribution in [2.75, 3.05) is 0 Å². The van der Waals surface area contributed by atoms with Gasteiger partial charge in [0.2, 0.25) is 0 Å². The molecule has 0 aliphatic rings. The third-order valence-electron chi connectivity index (χ3n) is 5.65. The molecule has 0 aromatic heterocycles. The molecule has 34 heavy (non-hydrogen) atoms. The number of phosphoric acid groups is 1. The van der Waals surface area contributed by atoms with Crippen LogP contribution in [0.25, 0.3) is 0 Å². The number of hydrogen-bond acceptors (Lipinski definition) is 4. The van der Waals surface area contributed by atoms with E-state index in [1.807, 2.05) is 24.3 Å². The van der Waals surface area contributed by atoms with Gasteiger partial charge in [0.1, 0.15) is 11.5 Å². The fourth-order valence-corrected chi connectivity index (χ4v) is 5.86. The zero-order valence-electron chi connectivity index (χ0n) is 22.8. The molecule has 0 aliphatic carbocycles. The van der Waals surface area contributed by atoms with E-state index in [4.69, 9.17) is 9.05 Å². The van der Waals surface area contributed by atoms with Crippen LogP contribution in [0.4, 0.5) is 0 Å². The standard InChI is InChI=1S/C28H43O4P.Ca/c1-25(2,3)19-27(7,8)21-11-15-23(16-12-21)31-33(29,30)32-24-17-13-22(14-18-24)28(9,10)20-26(4,5)6;/h11-18H,19-20H2,1-10H3,(H,29,30);/q;+2/p-1. The maximum atomic E-state index is 12.5. The summed E-state index contributed by atoms with van der Waals surface area (Å²) in [6.07, 6.45) is 2.01. The molecule has 0 saturated carbocycles. The molecule has 0 spiro atoms. The van der Waals surface area contributed by atoms with E-state index in [0.29, 0.717) is 0 Å². The summed E-state index contributed by atoms with van der Waals surface area (Å²) in [5.41, 5.74) is 2.59. The minimum Gasteiger partial charge on any atom is -0.736 e. The number of rotatable bonds is 8. The van der Waals surface area contributed by atoms with Gasteiger partial charge in [-0.15, -0.1) is 0 Å². The Hall–Kier alpha value is -0.510. The third kappa shape index (κ3) is 10.2. The molecule has 6 heteroatoms. The van der Waals surface area contributed by atoms with Crippen LogP contribution in [-0.2, 0) is 15.4 Å². The normalized spacial score (nSPS) is 13.3. The van der Waals surface area contributed by atoms with Gasteiger partial charge in [0.15, 0.2) is 0 Å². The Balaban J connectivity index is 0.00000578. The molecule has 0 radical (unpaired) electrons. The van der Waals surface area contributed by atoms with E-state index in [0.717, 1.165) is 24.0 Å². The molecular formula is C28H42CaO4P+. The first-order valence-electron chi connectivity index (χ1n) is 11.7. The summed E-state index contributed by atoms with van der Waals surface area (Å²) in [6, 6.07) is 14.4. The van der Waals surface area contributed by atoms with Gasteiger partial charge in [-0.05, 0) is 69.9 Å². The van der Waals surface area contributed by atoms with Crippen LogP contribution in [0, 0.1) is 10.8 Å². The Kier molecular flexibility index (Phi) is 10.4. The number of hydrogen-bond donors (Lipinski definition) is 0. The van der Waals surface area contributed by atoms with Crippen LogP contribution in [0.15, 0.2) is 48.5 Å². The molecule has 184 valence electrons. The summed E-state index contributed by atoms with van der Waals surface area (Å²) in [6.45, 7) is 22.1. The van der Waals surface area contributed by atoms with E-state index in [2.05, 4.69) is 69.2 Å². The van der Waals surface area contributed by atoms with Gasteiger partial charge in [0.25, 0.3) is 0 Å². The zero-order valence-corrected chi connectivity index (χ0v) is 25.9. The summed E-state index contributed by atoms with van der Waals surface area (Å²) in [7, 11) is -4.56. The van der Waals surface area contributed by atoms with Crippen molar-refractivity contribution in [3.63, 3.8) is 0 Å². The van der Waals surface area contributed by atoms with Crippen LogP contribution in [0.5, 0.6) is 11.5 Å².